The molecule has 3 rings (SSSR count). The first-order valence-corrected chi connectivity index (χ1v) is 7.79. The molecule has 124 valence electrons. The quantitative estimate of drug-likeness (QED) is 0.772. The van der Waals surface area contributed by atoms with Gasteiger partial charge in [-0.2, -0.15) is 5.10 Å². The Morgan fingerprint density at radius 1 is 1.25 bits per heavy atom. The van der Waals surface area contributed by atoms with Gasteiger partial charge >= 0.3 is 5.97 Å². The zero-order valence-corrected chi connectivity index (χ0v) is 13.9. The van der Waals surface area contributed by atoms with Gasteiger partial charge in [-0.25, -0.2) is 4.68 Å². The number of nitrogens with zero attached hydrogens (tertiary/aromatic N) is 2. The Kier molecular flexibility index (Phi) is 3.97. The zero-order valence-electron chi connectivity index (χ0n) is 13.9. The molecule has 0 saturated heterocycles. The van der Waals surface area contributed by atoms with Crippen LogP contribution in [0.3, 0.4) is 0 Å². The Balaban J connectivity index is 2.25. The lowest BCUT2D eigenvalue weighted by atomic mass is 10.0. The van der Waals surface area contributed by atoms with Crippen molar-refractivity contribution in [3.8, 4) is 5.69 Å². The summed E-state index contributed by atoms with van der Waals surface area (Å²) >= 11 is 0. The van der Waals surface area contributed by atoms with E-state index < -0.39 is 5.97 Å². The molecule has 6 nitrogen and oxygen atoms in total. The third-order valence-corrected chi connectivity index (χ3v) is 4.33. The van der Waals surface area contributed by atoms with E-state index in [2.05, 4.69) is 10.1 Å². The molecule has 0 spiro atoms. The van der Waals surface area contributed by atoms with E-state index in [1.165, 1.54) is 0 Å². The highest BCUT2D eigenvalue weighted by atomic mass is 16.4. The molecule has 2 heterocycles. The van der Waals surface area contributed by atoms with Crippen molar-refractivity contribution in [3.05, 3.63) is 57.0 Å². The maximum Gasteiger partial charge on any atom is 0.303 e. The van der Waals surface area contributed by atoms with Crippen LogP contribution >= 0.6 is 0 Å². The number of hydrogen-bond donors (Lipinski definition) is 2. The van der Waals surface area contributed by atoms with Gasteiger partial charge in [0.05, 0.1) is 11.4 Å². The Morgan fingerprint density at radius 2 is 1.96 bits per heavy atom. The maximum absolute atomic E-state index is 12.5. The van der Waals surface area contributed by atoms with Gasteiger partial charge in [-0.05, 0) is 44.4 Å². The SMILES string of the molecule is Cc1ccccc1-n1nc(C)c2c(C)c(CCC(=O)O)c(=O)[nH]c21. The summed E-state index contributed by atoms with van der Waals surface area (Å²) in [5.74, 6) is -0.916. The van der Waals surface area contributed by atoms with Crippen molar-refractivity contribution in [1.82, 2.24) is 14.8 Å². The number of pyridine rings is 1. The van der Waals surface area contributed by atoms with Crippen molar-refractivity contribution in [1.29, 1.82) is 0 Å². The Morgan fingerprint density at radius 3 is 2.62 bits per heavy atom. The summed E-state index contributed by atoms with van der Waals surface area (Å²) < 4.78 is 1.75. The Hall–Kier alpha value is -2.89. The second-order valence-electron chi connectivity index (χ2n) is 5.96. The number of carboxylic acids is 1. The first-order valence-electron chi connectivity index (χ1n) is 7.79. The summed E-state index contributed by atoms with van der Waals surface area (Å²) in [5, 5.41) is 14.3. The molecule has 0 saturated carbocycles. The minimum absolute atomic E-state index is 0.0690. The summed E-state index contributed by atoms with van der Waals surface area (Å²) in [6, 6.07) is 7.82. The molecule has 0 aliphatic rings. The van der Waals surface area contributed by atoms with Crippen molar-refractivity contribution < 1.29 is 9.90 Å². The van der Waals surface area contributed by atoms with Gasteiger partial charge in [0.15, 0.2) is 0 Å². The molecule has 0 bridgehead atoms. The highest BCUT2D eigenvalue weighted by Crippen LogP contribution is 2.25. The molecule has 0 atom stereocenters. The highest BCUT2D eigenvalue weighted by Gasteiger charge is 2.18. The van der Waals surface area contributed by atoms with Gasteiger partial charge in [0.1, 0.15) is 5.65 Å². The van der Waals surface area contributed by atoms with E-state index in [-0.39, 0.29) is 18.4 Å². The molecule has 6 heteroatoms. The molecule has 2 N–H and O–H groups in total. The van der Waals surface area contributed by atoms with Gasteiger partial charge < -0.3 is 10.1 Å². The van der Waals surface area contributed by atoms with E-state index in [1.807, 2.05) is 45.0 Å². The first kappa shape index (κ1) is 16.0. The van der Waals surface area contributed by atoms with Gasteiger partial charge in [-0.3, -0.25) is 9.59 Å². The van der Waals surface area contributed by atoms with Crippen LogP contribution in [-0.4, -0.2) is 25.8 Å². The molecule has 0 amide bonds. The molecular weight excluding hydrogens is 306 g/mol. The predicted octanol–water partition coefficient (Wildman–Crippen LogP) is 2.66. The van der Waals surface area contributed by atoms with E-state index >= 15 is 0 Å². The smallest absolute Gasteiger partial charge is 0.303 e. The van der Waals surface area contributed by atoms with Gasteiger partial charge in [0.25, 0.3) is 5.56 Å². The molecular formula is C18H19N3O3. The average Bonchev–Trinajstić information content (AvgIpc) is 2.83. The number of aryl methyl sites for hydroxylation is 3. The summed E-state index contributed by atoms with van der Waals surface area (Å²) in [6.07, 6.45) is 0.141. The van der Waals surface area contributed by atoms with Gasteiger partial charge in [0, 0.05) is 17.4 Å². The predicted molar refractivity (Wildman–Crippen MR) is 91.9 cm³/mol. The summed E-state index contributed by atoms with van der Waals surface area (Å²) in [6.45, 7) is 5.74. The number of aromatic nitrogens is 3. The van der Waals surface area contributed by atoms with Crippen molar-refractivity contribution >= 4 is 17.0 Å². The van der Waals surface area contributed by atoms with Gasteiger partial charge in [0.2, 0.25) is 0 Å². The minimum Gasteiger partial charge on any atom is -0.481 e. The molecule has 0 fully saturated rings. The van der Waals surface area contributed by atoms with Crippen LogP contribution in [0.4, 0.5) is 0 Å². The molecule has 0 unspecified atom stereocenters. The second kappa shape index (κ2) is 5.96. The lowest BCUT2D eigenvalue weighted by Crippen LogP contribution is -2.17. The summed E-state index contributed by atoms with van der Waals surface area (Å²) in [7, 11) is 0. The molecule has 0 aliphatic heterocycles. The standard InChI is InChI=1S/C18H19N3O3/c1-10-6-4-5-7-14(10)21-17-16(12(3)20-21)11(2)13(18(24)19-17)8-9-15(22)23/h4-7H,8-9H2,1-3H3,(H,19,24)(H,22,23). The van der Waals surface area contributed by atoms with E-state index in [1.54, 1.807) is 4.68 Å². The second-order valence-corrected chi connectivity index (χ2v) is 5.96. The van der Waals surface area contributed by atoms with E-state index in [9.17, 15) is 9.59 Å². The van der Waals surface area contributed by atoms with Crippen molar-refractivity contribution in [2.75, 3.05) is 0 Å². The van der Waals surface area contributed by atoms with E-state index in [0.29, 0.717) is 11.2 Å². The van der Waals surface area contributed by atoms with Crippen LogP contribution < -0.4 is 5.56 Å². The molecule has 0 aliphatic carbocycles. The summed E-state index contributed by atoms with van der Waals surface area (Å²) in [5.41, 5.74) is 4.46. The number of H-pyrrole nitrogens is 1. The highest BCUT2D eigenvalue weighted by molar-refractivity contribution is 5.84. The number of carbonyl (C=O) groups is 1. The molecule has 0 radical (unpaired) electrons. The van der Waals surface area contributed by atoms with E-state index in [4.69, 9.17) is 5.11 Å². The Bertz CT molecular complexity index is 999. The average molecular weight is 325 g/mol. The normalized spacial score (nSPS) is 11.1. The van der Waals surface area contributed by atoms with Crippen LogP contribution in [0.25, 0.3) is 16.7 Å². The monoisotopic (exact) mass is 325 g/mol. The Labute approximate surface area is 138 Å². The van der Waals surface area contributed by atoms with Crippen LogP contribution in [-0.2, 0) is 11.2 Å². The van der Waals surface area contributed by atoms with Crippen LogP contribution in [0.2, 0.25) is 0 Å². The zero-order chi connectivity index (χ0) is 17.4. The van der Waals surface area contributed by atoms with Gasteiger partial charge in [-0.1, -0.05) is 18.2 Å². The van der Waals surface area contributed by atoms with E-state index in [0.717, 1.165) is 27.9 Å². The number of rotatable bonds is 4. The third kappa shape index (κ3) is 2.60. The van der Waals surface area contributed by atoms with Crippen molar-refractivity contribution in [3.63, 3.8) is 0 Å². The number of hydrogen-bond acceptors (Lipinski definition) is 3. The molecule has 1 aromatic carbocycles. The molecule has 3 aromatic rings. The number of aliphatic carboxylic acids is 1. The maximum atomic E-state index is 12.5. The number of carboxylic acid groups (broad SMARTS) is 1. The number of aromatic amines is 1. The fourth-order valence-corrected chi connectivity index (χ4v) is 3.10. The molecule has 24 heavy (non-hydrogen) atoms. The van der Waals surface area contributed by atoms with Crippen LogP contribution in [0.1, 0.15) is 28.8 Å². The number of nitrogens with one attached hydrogen (secondary N) is 1. The molecule has 2 aromatic heterocycles. The lowest BCUT2D eigenvalue weighted by molar-refractivity contribution is -0.136. The third-order valence-electron chi connectivity index (χ3n) is 4.33. The lowest BCUT2D eigenvalue weighted by Gasteiger charge is -2.09. The van der Waals surface area contributed by atoms with Gasteiger partial charge in [-0.15, -0.1) is 0 Å². The fraction of sp³-hybridized carbons (Fsp3) is 0.278. The van der Waals surface area contributed by atoms with Crippen molar-refractivity contribution in [2.24, 2.45) is 0 Å². The number of fused-ring (bicyclic) bond motifs is 1. The van der Waals surface area contributed by atoms with Crippen LogP contribution in [0, 0.1) is 20.8 Å². The van der Waals surface area contributed by atoms with Crippen LogP contribution in [0.15, 0.2) is 29.1 Å². The van der Waals surface area contributed by atoms with Crippen LogP contribution in [0.5, 0.6) is 0 Å². The fourth-order valence-electron chi connectivity index (χ4n) is 3.10. The first-order chi connectivity index (χ1) is 11.4. The number of benzene rings is 1. The topological polar surface area (TPSA) is 88.0 Å². The number of para-hydroxylation sites is 1. The largest absolute Gasteiger partial charge is 0.481 e. The van der Waals surface area contributed by atoms with Crippen molar-refractivity contribution in [2.45, 2.75) is 33.6 Å². The minimum atomic E-state index is -0.916. The summed E-state index contributed by atoms with van der Waals surface area (Å²) in [4.78, 5) is 26.2.